The minimum Gasteiger partial charge on any atom is -0.462 e. The lowest BCUT2D eigenvalue weighted by Crippen LogP contribution is -2.30. The molecule has 0 aromatic carbocycles. The van der Waals surface area contributed by atoms with E-state index in [1.54, 1.807) is 0 Å². The smallest absolute Gasteiger partial charge is 0.462 e. The number of ether oxygens (including phenoxy) is 4. The van der Waals surface area contributed by atoms with Gasteiger partial charge in [-0.1, -0.05) is 374 Å². The molecule has 19 heteroatoms. The summed E-state index contributed by atoms with van der Waals surface area (Å²) in [6.45, 7) is 7.32. The third kappa shape index (κ3) is 77.5. The summed E-state index contributed by atoms with van der Waals surface area (Å²) in [7, 11) is -9.94. The van der Waals surface area contributed by atoms with E-state index in [-0.39, 0.29) is 25.7 Å². The van der Waals surface area contributed by atoms with Crippen molar-refractivity contribution < 1.29 is 80.2 Å². The van der Waals surface area contributed by atoms with Crippen LogP contribution in [-0.2, 0) is 65.4 Å². The first-order chi connectivity index (χ1) is 50.0. The third-order valence-electron chi connectivity index (χ3n) is 19.2. The van der Waals surface area contributed by atoms with E-state index >= 15 is 0 Å². The highest BCUT2D eigenvalue weighted by Gasteiger charge is 2.30. The van der Waals surface area contributed by atoms with E-state index in [2.05, 4.69) is 58.9 Å². The van der Waals surface area contributed by atoms with Gasteiger partial charge in [-0.2, -0.15) is 0 Å². The summed E-state index contributed by atoms with van der Waals surface area (Å²) in [6.07, 6.45) is 71.5. The fraction of sp³-hybridized carbons (Fsp3) is 0.905. The first kappa shape index (κ1) is 101. The van der Waals surface area contributed by atoms with Gasteiger partial charge in [-0.05, 0) is 57.3 Å². The standard InChI is InChI=1S/C84H160O17P2/c1-6-9-12-15-18-21-24-26-28-35-38-43-48-53-58-63-68-82(87)95-74-80(101-84(89)70-65-60-55-50-45-40-36-32-30-29-31-34-37-42-46-51-56-61-66-77(4)5)76-99-103(92,93)97-72-78(85)71-96-102(90,91)98-75-79(73-94-81(86)67-62-57-52-47-41-23-20-17-14-11-8-3)100-83(88)69-64-59-54-49-44-39-33-27-25-22-19-16-13-10-7-2/h22,25,27,33,77-80,85H,6-21,23-24,26,28-32,34-76H2,1-5H3,(H,90,91)(H,92,93)/b25-22-,33-27-/t78-,79+,80+/m0/s1. The number of aliphatic hydroxyl groups is 1. The Morgan fingerprint density at radius 2 is 0.524 bits per heavy atom. The van der Waals surface area contributed by atoms with E-state index in [1.165, 1.54) is 238 Å². The molecular formula is C84H160O17P2. The van der Waals surface area contributed by atoms with Crippen LogP contribution in [0.3, 0.4) is 0 Å². The van der Waals surface area contributed by atoms with Crippen molar-refractivity contribution in [1.82, 2.24) is 0 Å². The molecule has 0 aromatic rings. The first-order valence-corrected chi connectivity index (χ1v) is 45.9. The molecule has 0 aromatic heterocycles. The number of rotatable bonds is 82. The van der Waals surface area contributed by atoms with Gasteiger partial charge in [0, 0.05) is 25.7 Å². The maximum Gasteiger partial charge on any atom is 0.472 e. The Hall–Kier alpha value is -2.46. The van der Waals surface area contributed by atoms with E-state index in [1.807, 2.05) is 0 Å². The summed E-state index contributed by atoms with van der Waals surface area (Å²) in [5.74, 6) is -1.31. The Balaban J connectivity index is 5.26. The molecule has 0 aliphatic heterocycles. The molecular weight excluding hydrogens is 1340 g/mol. The van der Waals surface area contributed by atoms with Crippen LogP contribution in [0.5, 0.6) is 0 Å². The summed E-state index contributed by atoms with van der Waals surface area (Å²) in [4.78, 5) is 73.1. The maximum absolute atomic E-state index is 13.1. The van der Waals surface area contributed by atoms with Crippen LogP contribution in [0.1, 0.15) is 426 Å². The minimum atomic E-state index is -4.97. The molecule has 17 nitrogen and oxygen atoms in total. The molecule has 0 radical (unpaired) electrons. The Bertz CT molecular complexity index is 2060. The van der Waals surface area contributed by atoms with Crippen molar-refractivity contribution in [3.8, 4) is 0 Å². The van der Waals surface area contributed by atoms with Gasteiger partial charge in [0.25, 0.3) is 0 Å². The molecule has 0 fully saturated rings. The van der Waals surface area contributed by atoms with E-state index < -0.39 is 97.5 Å². The van der Waals surface area contributed by atoms with Gasteiger partial charge in [0.15, 0.2) is 12.2 Å². The lowest BCUT2D eigenvalue weighted by molar-refractivity contribution is -0.161. The molecule has 0 amide bonds. The zero-order chi connectivity index (χ0) is 75.5. The van der Waals surface area contributed by atoms with Gasteiger partial charge in [-0.3, -0.25) is 37.3 Å². The second-order valence-corrected chi connectivity index (χ2v) is 32.9. The van der Waals surface area contributed by atoms with Crippen molar-refractivity contribution in [2.45, 2.75) is 445 Å². The van der Waals surface area contributed by atoms with Gasteiger partial charge >= 0.3 is 39.5 Å². The molecule has 0 bridgehead atoms. The highest BCUT2D eigenvalue weighted by molar-refractivity contribution is 7.47. The van der Waals surface area contributed by atoms with Crippen LogP contribution in [0.2, 0.25) is 0 Å². The van der Waals surface area contributed by atoms with Crippen LogP contribution in [-0.4, -0.2) is 96.7 Å². The molecule has 0 aliphatic carbocycles. The van der Waals surface area contributed by atoms with Gasteiger partial charge in [-0.15, -0.1) is 0 Å². The molecule has 0 heterocycles. The number of allylic oxidation sites excluding steroid dienone is 4. The Kier molecular flexibility index (Phi) is 74.5. The third-order valence-corrected chi connectivity index (χ3v) is 21.1. The minimum absolute atomic E-state index is 0.0857. The number of hydrogen-bond donors (Lipinski definition) is 3. The molecule has 103 heavy (non-hydrogen) atoms. The number of hydrogen-bond acceptors (Lipinski definition) is 15. The number of carbonyl (C=O) groups excluding carboxylic acids is 4. The average molecular weight is 1500 g/mol. The van der Waals surface area contributed by atoms with Gasteiger partial charge in [0.05, 0.1) is 26.4 Å². The molecule has 0 saturated heterocycles. The van der Waals surface area contributed by atoms with Crippen LogP contribution in [0.4, 0.5) is 0 Å². The SMILES string of the molecule is CCCCCC/C=C\C=C/CCCCCCCC(=O)O[C@H](COC(=O)CCCCCCCCCCCCC)COP(=O)(O)OC[C@H](O)COP(=O)(O)OC[C@@H](COC(=O)CCCCCCCCCCCCCCCCCC)OC(=O)CCCCCCCCCCCCCCCCCCCCC(C)C. The second-order valence-electron chi connectivity index (χ2n) is 30.0. The van der Waals surface area contributed by atoms with Gasteiger partial charge in [0.1, 0.15) is 19.3 Å². The number of aliphatic hydroxyl groups excluding tert-OH is 1. The normalized spacial score (nSPS) is 14.0. The van der Waals surface area contributed by atoms with Crippen molar-refractivity contribution in [2.75, 3.05) is 39.6 Å². The quantitative estimate of drug-likeness (QED) is 0.0169. The van der Waals surface area contributed by atoms with Crippen molar-refractivity contribution in [1.29, 1.82) is 0 Å². The molecule has 0 saturated carbocycles. The van der Waals surface area contributed by atoms with Crippen LogP contribution < -0.4 is 0 Å². The average Bonchev–Trinajstić information content (AvgIpc) is 1.07. The fourth-order valence-electron chi connectivity index (χ4n) is 12.6. The van der Waals surface area contributed by atoms with Gasteiger partial charge in [0.2, 0.25) is 0 Å². The van der Waals surface area contributed by atoms with Crippen LogP contribution >= 0.6 is 15.6 Å². The largest absolute Gasteiger partial charge is 0.472 e. The number of phosphoric ester groups is 2. The van der Waals surface area contributed by atoms with E-state index in [4.69, 9.17) is 37.0 Å². The molecule has 0 rings (SSSR count). The topological polar surface area (TPSA) is 237 Å². The van der Waals surface area contributed by atoms with Crippen LogP contribution in [0, 0.1) is 5.92 Å². The molecule has 5 atom stereocenters. The summed E-state index contributed by atoms with van der Waals surface area (Å²) >= 11 is 0. The predicted molar refractivity (Wildman–Crippen MR) is 423 cm³/mol. The molecule has 3 N–H and O–H groups in total. The Morgan fingerprint density at radius 3 is 0.796 bits per heavy atom. The number of esters is 4. The molecule has 608 valence electrons. The monoisotopic (exact) mass is 1500 g/mol. The lowest BCUT2D eigenvalue weighted by atomic mass is 10.0. The van der Waals surface area contributed by atoms with Crippen molar-refractivity contribution in [3.05, 3.63) is 24.3 Å². The van der Waals surface area contributed by atoms with Gasteiger partial charge < -0.3 is 33.8 Å². The zero-order valence-electron chi connectivity index (χ0n) is 66.9. The number of carbonyl (C=O) groups is 4. The van der Waals surface area contributed by atoms with Crippen molar-refractivity contribution in [3.63, 3.8) is 0 Å². The molecule has 0 aliphatic rings. The predicted octanol–water partition coefficient (Wildman–Crippen LogP) is 25.1. The molecule has 2 unspecified atom stereocenters. The van der Waals surface area contributed by atoms with Crippen molar-refractivity contribution >= 4 is 39.5 Å². The van der Waals surface area contributed by atoms with Crippen molar-refractivity contribution in [2.24, 2.45) is 5.92 Å². The van der Waals surface area contributed by atoms with Crippen LogP contribution in [0.15, 0.2) is 24.3 Å². The summed E-state index contributed by atoms with van der Waals surface area (Å²) < 4.78 is 68.8. The number of phosphoric acid groups is 2. The lowest BCUT2D eigenvalue weighted by Gasteiger charge is -2.21. The summed E-state index contributed by atoms with van der Waals surface area (Å²) in [6, 6.07) is 0. The van der Waals surface area contributed by atoms with E-state index in [0.717, 1.165) is 109 Å². The van der Waals surface area contributed by atoms with E-state index in [9.17, 15) is 43.2 Å². The Labute approximate surface area is 631 Å². The highest BCUT2D eigenvalue weighted by atomic mass is 31.2. The maximum atomic E-state index is 13.1. The van der Waals surface area contributed by atoms with E-state index in [0.29, 0.717) is 25.7 Å². The highest BCUT2D eigenvalue weighted by Crippen LogP contribution is 2.45. The fourth-order valence-corrected chi connectivity index (χ4v) is 14.2. The number of unbranched alkanes of at least 4 members (excludes halogenated alkanes) is 51. The first-order valence-electron chi connectivity index (χ1n) is 43.0. The van der Waals surface area contributed by atoms with Gasteiger partial charge in [-0.25, -0.2) is 9.13 Å². The van der Waals surface area contributed by atoms with Crippen LogP contribution in [0.25, 0.3) is 0 Å². The summed E-state index contributed by atoms with van der Waals surface area (Å²) in [5.41, 5.74) is 0. The Morgan fingerprint density at radius 1 is 0.301 bits per heavy atom. The molecule has 0 spiro atoms. The second kappa shape index (κ2) is 76.3. The summed E-state index contributed by atoms with van der Waals surface area (Å²) in [5, 5.41) is 10.7. The zero-order valence-corrected chi connectivity index (χ0v) is 68.7.